The van der Waals surface area contributed by atoms with E-state index in [0.29, 0.717) is 29.6 Å². The van der Waals surface area contributed by atoms with Crippen LogP contribution in [0.4, 0.5) is 13.2 Å². The van der Waals surface area contributed by atoms with Crippen molar-refractivity contribution in [3.63, 3.8) is 0 Å². The van der Waals surface area contributed by atoms with Crippen molar-refractivity contribution in [1.29, 1.82) is 0 Å². The third-order valence-electron chi connectivity index (χ3n) is 3.83. The van der Waals surface area contributed by atoms with Crippen molar-refractivity contribution in [1.82, 2.24) is 10.6 Å². The maximum absolute atomic E-state index is 12.8. The summed E-state index contributed by atoms with van der Waals surface area (Å²) in [5.74, 6) is 1.89. The van der Waals surface area contributed by atoms with E-state index in [9.17, 15) is 13.2 Å². The molecule has 0 saturated heterocycles. The number of ether oxygens (including phenoxy) is 2. The van der Waals surface area contributed by atoms with E-state index in [1.165, 1.54) is 6.07 Å². The second kappa shape index (κ2) is 7.55. The minimum atomic E-state index is -4.35. The molecule has 0 amide bonds. The van der Waals surface area contributed by atoms with Crippen molar-refractivity contribution in [3.8, 4) is 11.5 Å². The zero-order valence-corrected chi connectivity index (χ0v) is 14.1. The minimum Gasteiger partial charge on any atom is -0.454 e. The Balaban J connectivity index is 1.55. The third-order valence-corrected chi connectivity index (χ3v) is 3.83. The molecule has 2 aromatic carbocycles. The monoisotopic (exact) mass is 365 g/mol. The van der Waals surface area contributed by atoms with Gasteiger partial charge in [0.2, 0.25) is 6.79 Å². The Hall–Kier alpha value is -2.90. The second-order valence-corrected chi connectivity index (χ2v) is 5.67. The third kappa shape index (κ3) is 4.38. The molecule has 2 aromatic rings. The summed E-state index contributed by atoms with van der Waals surface area (Å²) >= 11 is 0. The lowest BCUT2D eigenvalue weighted by Gasteiger charge is -2.13. The first-order valence-electron chi connectivity index (χ1n) is 7.95. The van der Waals surface area contributed by atoms with Gasteiger partial charge in [0, 0.05) is 20.1 Å². The fraction of sp³-hybridized carbons (Fsp3) is 0.278. The Labute approximate surface area is 148 Å². The molecule has 0 atom stereocenters. The molecule has 26 heavy (non-hydrogen) atoms. The lowest BCUT2D eigenvalue weighted by atomic mass is 10.1. The van der Waals surface area contributed by atoms with Gasteiger partial charge in [-0.05, 0) is 35.4 Å². The first-order chi connectivity index (χ1) is 12.5. The van der Waals surface area contributed by atoms with E-state index in [2.05, 4.69) is 15.6 Å². The van der Waals surface area contributed by atoms with Crippen LogP contribution >= 0.6 is 0 Å². The number of nitrogens with zero attached hydrogens (tertiary/aromatic N) is 1. The van der Waals surface area contributed by atoms with Crippen LogP contribution in [0.5, 0.6) is 11.5 Å². The topological polar surface area (TPSA) is 54.9 Å². The number of hydrogen-bond acceptors (Lipinski definition) is 3. The van der Waals surface area contributed by atoms with Gasteiger partial charge in [0.1, 0.15) is 0 Å². The Morgan fingerprint density at radius 2 is 1.69 bits per heavy atom. The van der Waals surface area contributed by atoms with Crippen LogP contribution in [0.15, 0.2) is 47.5 Å². The van der Waals surface area contributed by atoms with Crippen molar-refractivity contribution >= 4 is 5.96 Å². The van der Waals surface area contributed by atoms with Gasteiger partial charge in [-0.2, -0.15) is 13.2 Å². The van der Waals surface area contributed by atoms with Crippen LogP contribution in [0.25, 0.3) is 0 Å². The average molecular weight is 365 g/mol. The SMILES string of the molecule is CN=C(NCc1cccc(C(F)(F)F)c1)NCc1ccc2c(c1)OCO2. The van der Waals surface area contributed by atoms with Gasteiger partial charge in [-0.15, -0.1) is 0 Å². The first-order valence-corrected chi connectivity index (χ1v) is 7.95. The highest BCUT2D eigenvalue weighted by Crippen LogP contribution is 2.32. The predicted octanol–water partition coefficient (Wildman–Crippen LogP) is 3.30. The summed E-state index contributed by atoms with van der Waals surface area (Å²) in [6.45, 7) is 0.927. The highest BCUT2D eigenvalue weighted by atomic mass is 19.4. The molecule has 138 valence electrons. The normalized spacial score (nSPS) is 13.6. The largest absolute Gasteiger partial charge is 0.454 e. The summed E-state index contributed by atoms with van der Waals surface area (Å²) in [5, 5.41) is 6.11. The Morgan fingerprint density at radius 3 is 2.38 bits per heavy atom. The molecule has 0 unspecified atom stereocenters. The summed E-state index contributed by atoms with van der Waals surface area (Å²) in [5.41, 5.74) is 0.822. The van der Waals surface area contributed by atoms with Crippen molar-refractivity contribution in [2.24, 2.45) is 4.99 Å². The second-order valence-electron chi connectivity index (χ2n) is 5.67. The molecule has 0 aromatic heterocycles. The van der Waals surface area contributed by atoms with E-state index < -0.39 is 11.7 Å². The van der Waals surface area contributed by atoms with E-state index in [4.69, 9.17) is 9.47 Å². The quantitative estimate of drug-likeness (QED) is 0.645. The van der Waals surface area contributed by atoms with Crippen LogP contribution in [0.1, 0.15) is 16.7 Å². The lowest BCUT2D eigenvalue weighted by Crippen LogP contribution is -2.36. The van der Waals surface area contributed by atoms with Crippen LogP contribution in [-0.2, 0) is 19.3 Å². The van der Waals surface area contributed by atoms with Crippen molar-refractivity contribution in [3.05, 3.63) is 59.2 Å². The number of fused-ring (bicyclic) bond motifs is 1. The molecule has 2 N–H and O–H groups in total. The number of halogens is 3. The molecule has 1 heterocycles. The molecule has 0 fully saturated rings. The van der Waals surface area contributed by atoms with Gasteiger partial charge >= 0.3 is 6.18 Å². The van der Waals surface area contributed by atoms with E-state index in [1.807, 2.05) is 18.2 Å². The number of guanidine groups is 1. The Morgan fingerprint density at radius 1 is 1.00 bits per heavy atom. The number of nitrogens with one attached hydrogen (secondary N) is 2. The fourth-order valence-electron chi connectivity index (χ4n) is 2.50. The van der Waals surface area contributed by atoms with E-state index in [-0.39, 0.29) is 13.3 Å². The maximum Gasteiger partial charge on any atom is 0.416 e. The molecule has 1 aliphatic rings. The predicted molar refractivity (Wildman–Crippen MR) is 91.0 cm³/mol. The number of benzene rings is 2. The van der Waals surface area contributed by atoms with Gasteiger partial charge in [-0.1, -0.05) is 18.2 Å². The smallest absolute Gasteiger partial charge is 0.416 e. The van der Waals surface area contributed by atoms with Crippen molar-refractivity contribution in [2.45, 2.75) is 19.3 Å². The summed E-state index contributed by atoms with van der Waals surface area (Å²) in [6, 6.07) is 10.8. The van der Waals surface area contributed by atoms with Gasteiger partial charge in [0.15, 0.2) is 17.5 Å². The minimum absolute atomic E-state index is 0.215. The summed E-state index contributed by atoms with van der Waals surface area (Å²) in [7, 11) is 1.60. The fourth-order valence-corrected chi connectivity index (χ4v) is 2.50. The van der Waals surface area contributed by atoms with Gasteiger partial charge in [-0.3, -0.25) is 4.99 Å². The highest BCUT2D eigenvalue weighted by molar-refractivity contribution is 5.79. The molecule has 8 heteroatoms. The van der Waals surface area contributed by atoms with Crippen LogP contribution < -0.4 is 20.1 Å². The molecule has 0 radical (unpaired) electrons. The highest BCUT2D eigenvalue weighted by Gasteiger charge is 2.30. The number of rotatable bonds is 4. The van der Waals surface area contributed by atoms with E-state index >= 15 is 0 Å². The van der Waals surface area contributed by atoms with Crippen LogP contribution in [0.3, 0.4) is 0 Å². The van der Waals surface area contributed by atoms with Crippen LogP contribution in [0.2, 0.25) is 0 Å². The Bertz CT molecular complexity index is 807. The first kappa shape index (κ1) is 17.9. The molecule has 0 bridgehead atoms. The van der Waals surface area contributed by atoms with Gasteiger partial charge < -0.3 is 20.1 Å². The summed E-state index contributed by atoms with van der Waals surface area (Å²) in [6.07, 6.45) is -4.35. The van der Waals surface area contributed by atoms with Crippen molar-refractivity contribution in [2.75, 3.05) is 13.8 Å². The number of hydrogen-bond donors (Lipinski definition) is 2. The molecule has 5 nitrogen and oxygen atoms in total. The zero-order valence-electron chi connectivity index (χ0n) is 14.1. The molecule has 3 rings (SSSR count). The summed E-state index contributed by atoms with van der Waals surface area (Å²) < 4.78 is 48.9. The molecule has 1 aliphatic heterocycles. The summed E-state index contributed by atoms with van der Waals surface area (Å²) in [4.78, 5) is 4.08. The van der Waals surface area contributed by atoms with Crippen LogP contribution in [0, 0.1) is 0 Å². The van der Waals surface area contributed by atoms with Gasteiger partial charge in [-0.25, -0.2) is 0 Å². The van der Waals surface area contributed by atoms with E-state index in [0.717, 1.165) is 17.7 Å². The van der Waals surface area contributed by atoms with Gasteiger partial charge in [0.05, 0.1) is 5.56 Å². The molecular weight excluding hydrogens is 347 g/mol. The molecule has 0 spiro atoms. The zero-order chi connectivity index (χ0) is 18.6. The molecular formula is C18H18F3N3O2. The van der Waals surface area contributed by atoms with Crippen molar-refractivity contribution < 1.29 is 22.6 Å². The van der Waals surface area contributed by atoms with Gasteiger partial charge in [0.25, 0.3) is 0 Å². The average Bonchev–Trinajstić information content (AvgIpc) is 3.09. The standard InChI is InChI=1S/C18H18F3N3O2/c1-22-17(23-9-12-3-2-4-14(7-12)18(19,20)21)24-10-13-5-6-15-16(8-13)26-11-25-15/h2-8H,9-11H2,1H3,(H2,22,23,24). The maximum atomic E-state index is 12.8. The Kier molecular flexibility index (Phi) is 5.20. The molecule has 0 aliphatic carbocycles. The van der Waals surface area contributed by atoms with Crippen LogP contribution in [-0.4, -0.2) is 19.8 Å². The van der Waals surface area contributed by atoms with E-state index in [1.54, 1.807) is 13.1 Å². The molecule has 0 saturated carbocycles. The number of alkyl halides is 3. The number of aliphatic imine (C=N–C) groups is 1. The lowest BCUT2D eigenvalue weighted by molar-refractivity contribution is -0.137.